The lowest BCUT2D eigenvalue weighted by molar-refractivity contribution is 0.0993. The maximum Gasteiger partial charge on any atom is 0.277 e. The second-order valence-corrected chi connectivity index (χ2v) is 7.66. The molecule has 4 nitrogen and oxygen atoms in total. The first-order valence-electron chi connectivity index (χ1n) is 7.84. The number of thiophene rings is 1. The van der Waals surface area contributed by atoms with Crippen LogP contribution in [0.1, 0.15) is 36.2 Å². The molecule has 0 radical (unpaired) electrons. The molecule has 1 atom stereocenters. The molecule has 3 rings (SSSR count). The molecule has 0 aliphatic heterocycles. The number of rotatable bonds is 7. The number of carbonyl (C=O) groups excluding carboxylic acids is 1. The summed E-state index contributed by atoms with van der Waals surface area (Å²) >= 11 is 2.84. The van der Waals surface area contributed by atoms with Crippen molar-refractivity contribution in [2.24, 2.45) is 0 Å². The summed E-state index contributed by atoms with van der Waals surface area (Å²) in [6.45, 7) is 4.01. The number of aromatic nitrogens is 2. The summed E-state index contributed by atoms with van der Waals surface area (Å²) in [5, 5.41) is 10.2. The van der Waals surface area contributed by atoms with Gasteiger partial charge in [0, 0.05) is 5.56 Å². The van der Waals surface area contributed by atoms with Crippen molar-refractivity contribution in [1.29, 1.82) is 0 Å². The zero-order valence-electron chi connectivity index (χ0n) is 13.6. The molecule has 0 spiro atoms. The number of ketones is 1. The Morgan fingerprint density at radius 3 is 2.71 bits per heavy atom. The van der Waals surface area contributed by atoms with Gasteiger partial charge < -0.3 is 4.42 Å². The Morgan fingerprint density at radius 2 is 2.04 bits per heavy atom. The van der Waals surface area contributed by atoms with Gasteiger partial charge in [-0.15, -0.1) is 21.5 Å². The normalized spacial score (nSPS) is 12.2. The first kappa shape index (κ1) is 16.9. The highest BCUT2D eigenvalue weighted by molar-refractivity contribution is 8.00. The fraction of sp³-hybridized carbons (Fsp3) is 0.278. The number of thioether (sulfide) groups is 1. The van der Waals surface area contributed by atoms with Crippen LogP contribution in [0.2, 0.25) is 0 Å². The maximum atomic E-state index is 12.5. The van der Waals surface area contributed by atoms with E-state index in [9.17, 15) is 4.79 Å². The minimum atomic E-state index is -0.279. The minimum absolute atomic E-state index is 0.0684. The van der Waals surface area contributed by atoms with Gasteiger partial charge in [-0.05, 0) is 30.4 Å². The van der Waals surface area contributed by atoms with E-state index in [4.69, 9.17) is 4.42 Å². The molecule has 0 fully saturated rings. The van der Waals surface area contributed by atoms with Crippen LogP contribution in [0.25, 0.3) is 10.8 Å². The summed E-state index contributed by atoms with van der Waals surface area (Å²) in [5.41, 5.74) is 1.97. The zero-order chi connectivity index (χ0) is 16.9. The average molecular weight is 358 g/mol. The van der Waals surface area contributed by atoms with Gasteiger partial charge in [0.1, 0.15) is 0 Å². The monoisotopic (exact) mass is 358 g/mol. The van der Waals surface area contributed by atoms with E-state index in [-0.39, 0.29) is 11.0 Å². The minimum Gasteiger partial charge on any atom is -0.410 e. The summed E-state index contributed by atoms with van der Waals surface area (Å²) < 4.78 is 5.63. The van der Waals surface area contributed by atoms with Gasteiger partial charge in [-0.3, -0.25) is 4.79 Å². The van der Waals surface area contributed by atoms with E-state index >= 15 is 0 Å². The number of benzene rings is 1. The van der Waals surface area contributed by atoms with Crippen LogP contribution >= 0.6 is 23.1 Å². The van der Waals surface area contributed by atoms with Crippen LogP contribution in [-0.2, 0) is 6.42 Å². The number of hydrogen-bond acceptors (Lipinski definition) is 6. The summed E-state index contributed by atoms with van der Waals surface area (Å²) in [4.78, 5) is 13.5. The molecule has 0 saturated heterocycles. The van der Waals surface area contributed by atoms with E-state index in [1.54, 1.807) is 11.3 Å². The smallest absolute Gasteiger partial charge is 0.277 e. The van der Waals surface area contributed by atoms with Crippen molar-refractivity contribution in [2.45, 2.75) is 37.2 Å². The molecule has 24 heavy (non-hydrogen) atoms. The number of aryl methyl sites for hydroxylation is 1. The van der Waals surface area contributed by atoms with Crippen molar-refractivity contribution in [1.82, 2.24) is 10.2 Å². The van der Waals surface area contributed by atoms with Crippen LogP contribution in [0.3, 0.4) is 0 Å². The maximum absolute atomic E-state index is 12.5. The summed E-state index contributed by atoms with van der Waals surface area (Å²) in [7, 11) is 0. The Kier molecular flexibility index (Phi) is 5.48. The van der Waals surface area contributed by atoms with Crippen molar-refractivity contribution in [3.05, 3.63) is 52.9 Å². The van der Waals surface area contributed by atoms with Gasteiger partial charge >= 0.3 is 0 Å². The first-order chi connectivity index (χ1) is 11.7. The molecule has 0 aliphatic rings. The van der Waals surface area contributed by atoms with Crippen molar-refractivity contribution in [2.75, 3.05) is 0 Å². The molecule has 2 aromatic heterocycles. The molecule has 0 bridgehead atoms. The molecule has 6 heteroatoms. The fourth-order valence-corrected chi connectivity index (χ4v) is 3.73. The van der Waals surface area contributed by atoms with Crippen LogP contribution in [0.5, 0.6) is 0 Å². The number of Topliss-reactive ketones (excluding diaryl/α,β-unsaturated/α-hetero) is 1. The number of hydrogen-bond donors (Lipinski definition) is 0. The van der Waals surface area contributed by atoms with E-state index in [2.05, 4.69) is 17.1 Å². The average Bonchev–Trinajstić information content (AvgIpc) is 3.26. The van der Waals surface area contributed by atoms with Crippen molar-refractivity contribution >= 4 is 28.9 Å². The summed E-state index contributed by atoms with van der Waals surface area (Å²) in [6.07, 6.45) is 2.13. The largest absolute Gasteiger partial charge is 0.410 e. The Morgan fingerprint density at radius 1 is 1.25 bits per heavy atom. The van der Waals surface area contributed by atoms with Gasteiger partial charge in [0.05, 0.1) is 10.1 Å². The Bertz CT molecular complexity index is 795. The van der Waals surface area contributed by atoms with E-state index < -0.39 is 0 Å². The van der Waals surface area contributed by atoms with Gasteiger partial charge in [-0.1, -0.05) is 55.4 Å². The van der Waals surface area contributed by atoms with Crippen molar-refractivity contribution < 1.29 is 9.21 Å². The van der Waals surface area contributed by atoms with Crippen LogP contribution in [0.15, 0.2) is 51.4 Å². The lowest BCUT2D eigenvalue weighted by Gasteiger charge is -2.08. The molecular weight excluding hydrogens is 340 g/mol. The van der Waals surface area contributed by atoms with Gasteiger partial charge in [0.15, 0.2) is 5.78 Å². The van der Waals surface area contributed by atoms with Crippen LogP contribution < -0.4 is 0 Å². The molecule has 0 N–H and O–H groups in total. The van der Waals surface area contributed by atoms with E-state index in [1.807, 2.05) is 48.7 Å². The fourth-order valence-electron chi connectivity index (χ4n) is 2.32. The molecule has 0 amide bonds. The molecule has 3 aromatic rings. The van der Waals surface area contributed by atoms with Crippen LogP contribution in [0.4, 0.5) is 0 Å². The third-order valence-electron chi connectivity index (χ3n) is 3.56. The van der Waals surface area contributed by atoms with Gasteiger partial charge in [0.25, 0.3) is 11.1 Å². The SMILES string of the molecule is CCCc1ccc(C(=O)[C@H](C)Sc2nnc(-c3cccs3)o2)cc1. The van der Waals surface area contributed by atoms with Gasteiger partial charge in [-0.25, -0.2) is 0 Å². The van der Waals surface area contributed by atoms with Gasteiger partial charge in [-0.2, -0.15) is 0 Å². The Labute approximate surface area is 149 Å². The lowest BCUT2D eigenvalue weighted by atomic mass is 10.0. The number of nitrogens with zero attached hydrogens (tertiary/aromatic N) is 2. The van der Waals surface area contributed by atoms with Crippen LogP contribution in [0, 0.1) is 0 Å². The summed E-state index contributed by atoms with van der Waals surface area (Å²) in [5.74, 6) is 0.565. The number of carbonyl (C=O) groups is 1. The third-order valence-corrected chi connectivity index (χ3v) is 5.35. The second kappa shape index (κ2) is 7.77. The molecule has 0 saturated carbocycles. The third kappa shape index (κ3) is 3.94. The standard InChI is InChI=1S/C18H18N2O2S2/c1-3-5-13-7-9-14(10-8-13)16(21)12(2)24-18-20-19-17(22-18)15-6-4-11-23-15/h4,6-12H,3,5H2,1-2H3/t12-/m0/s1. The molecular formula is C18H18N2O2S2. The topological polar surface area (TPSA) is 56.0 Å². The lowest BCUT2D eigenvalue weighted by Crippen LogP contribution is -2.13. The predicted octanol–water partition coefficient (Wildman–Crippen LogP) is 5.11. The first-order valence-corrected chi connectivity index (χ1v) is 9.60. The van der Waals surface area contributed by atoms with Crippen molar-refractivity contribution in [3.63, 3.8) is 0 Å². The van der Waals surface area contributed by atoms with E-state index in [0.29, 0.717) is 16.7 Å². The molecule has 0 unspecified atom stereocenters. The van der Waals surface area contributed by atoms with Crippen molar-refractivity contribution in [3.8, 4) is 10.8 Å². The Hall–Kier alpha value is -1.92. The van der Waals surface area contributed by atoms with Crippen LogP contribution in [-0.4, -0.2) is 21.2 Å². The highest BCUT2D eigenvalue weighted by atomic mass is 32.2. The van der Waals surface area contributed by atoms with E-state index in [1.165, 1.54) is 17.3 Å². The zero-order valence-corrected chi connectivity index (χ0v) is 15.2. The summed E-state index contributed by atoms with van der Waals surface area (Å²) in [6, 6.07) is 11.7. The highest BCUT2D eigenvalue weighted by Gasteiger charge is 2.20. The highest BCUT2D eigenvalue weighted by Crippen LogP contribution is 2.29. The second-order valence-electron chi connectivity index (χ2n) is 5.42. The van der Waals surface area contributed by atoms with E-state index in [0.717, 1.165) is 17.7 Å². The predicted molar refractivity (Wildman–Crippen MR) is 97.7 cm³/mol. The molecule has 1 aromatic carbocycles. The molecule has 0 aliphatic carbocycles. The Balaban J connectivity index is 1.65. The molecule has 2 heterocycles. The molecule has 124 valence electrons. The quantitative estimate of drug-likeness (QED) is 0.434. The van der Waals surface area contributed by atoms with Gasteiger partial charge in [0.2, 0.25) is 0 Å².